The summed E-state index contributed by atoms with van der Waals surface area (Å²) in [5.41, 5.74) is 2.37. The zero-order valence-electron chi connectivity index (χ0n) is 8.33. The fourth-order valence-corrected chi connectivity index (χ4v) is 1.95. The van der Waals surface area contributed by atoms with Crippen molar-refractivity contribution in [3.63, 3.8) is 0 Å². The van der Waals surface area contributed by atoms with E-state index in [0.29, 0.717) is 6.04 Å². The third-order valence-corrected chi connectivity index (χ3v) is 2.78. The highest BCUT2D eigenvalue weighted by Gasteiger charge is 2.20. The lowest BCUT2D eigenvalue weighted by molar-refractivity contribution is 0.733. The minimum absolute atomic E-state index is 0.685. The Hall–Kier alpha value is -1.05. The average Bonchev–Trinajstić information content (AvgIpc) is 2.53. The SMILES string of the molecule is Cc1ccc(N2CCC[C@H]2C)cn1. The minimum atomic E-state index is 0.685. The van der Waals surface area contributed by atoms with Crippen molar-refractivity contribution < 1.29 is 0 Å². The van der Waals surface area contributed by atoms with E-state index < -0.39 is 0 Å². The summed E-state index contributed by atoms with van der Waals surface area (Å²) in [4.78, 5) is 6.75. The van der Waals surface area contributed by atoms with Gasteiger partial charge < -0.3 is 4.90 Å². The highest BCUT2D eigenvalue weighted by Crippen LogP contribution is 2.24. The van der Waals surface area contributed by atoms with Gasteiger partial charge in [0.25, 0.3) is 0 Å². The zero-order chi connectivity index (χ0) is 9.26. The van der Waals surface area contributed by atoms with Crippen LogP contribution in [0.2, 0.25) is 0 Å². The number of pyridine rings is 1. The first-order chi connectivity index (χ1) is 6.27. The highest BCUT2D eigenvalue weighted by atomic mass is 15.2. The van der Waals surface area contributed by atoms with Gasteiger partial charge in [0, 0.05) is 18.3 Å². The van der Waals surface area contributed by atoms with Crippen molar-refractivity contribution in [3.05, 3.63) is 24.0 Å². The molecule has 2 heteroatoms. The molecule has 1 aromatic rings. The van der Waals surface area contributed by atoms with Crippen LogP contribution in [-0.2, 0) is 0 Å². The molecule has 2 heterocycles. The molecule has 1 aliphatic rings. The normalized spacial score (nSPS) is 22.3. The van der Waals surface area contributed by atoms with Crippen molar-refractivity contribution in [2.75, 3.05) is 11.4 Å². The van der Waals surface area contributed by atoms with Gasteiger partial charge in [0.15, 0.2) is 0 Å². The van der Waals surface area contributed by atoms with E-state index in [0.717, 1.165) is 5.69 Å². The lowest BCUT2D eigenvalue weighted by atomic mass is 10.2. The Balaban J connectivity index is 2.20. The van der Waals surface area contributed by atoms with Gasteiger partial charge in [-0.25, -0.2) is 0 Å². The van der Waals surface area contributed by atoms with E-state index in [1.165, 1.54) is 25.1 Å². The molecule has 0 aliphatic carbocycles. The molecule has 0 bridgehead atoms. The molecular weight excluding hydrogens is 160 g/mol. The van der Waals surface area contributed by atoms with Crippen molar-refractivity contribution in [2.45, 2.75) is 32.7 Å². The number of aryl methyl sites for hydroxylation is 1. The van der Waals surface area contributed by atoms with Crippen molar-refractivity contribution in [3.8, 4) is 0 Å². The van der Waals surface area contributed by atoms with Crippen LogP contribution in [0.15, 0.2) is 18.3 Å². The maximum absolute atomic E-state index is 4.32. The molecule has 0 saturated carbocycles. The standard InChI is InChI=1S/C11H16N2/c1-9-5-6-11(8-12-9)13-7-3-4-10(13)2/h5-6,8,10H,3-4,7H2,1-2H3/t10-/m1/s1. The van der Waals surface area contributed by atoms with Crippen LogP contribution in [-0.4, -0.2) is 17.6 Å². The third-order valence-electron chi connectivity index (χ3n) is 2.78. The summed E-state index contributed by atoms with van der Waals surface area (Å²) in [6.07, 6.45) is 4.61. The molecule has 0 radical (unpaired) electrons. The Bertz CT molecular complexity index is 279. The van der Waals surface area contributed by atoms with Gasteiger partial charge in [-0.1, -0.05) is 0 Å². The molecule has 1 saturated heterocycles. The van der Waals surface area contributed by atoms with Gasteiger partial charge in [0.05, 0.1) is 11.9 Å². The van der Waals surface area contributed by atoms with E-state index in [4.69, 9.17) is 0 Å². The predicted molar refractivity (Wildman–Crippen MR) is 55.0 cm³/mol. The third kappa shape index (κ3) is 1.67. The Morgan fingerprint density at radius 3 is 2.85 bits per heavy atom. The number of hydrogen-bond donors (Lipinski definition) is 0. The summed E-state index contributed by atoms with van der Waals surface area (Å²) in [6.45, 7) is 5.50. The van der Waals surface area contributed by atoms with Crippen molar-refractivity contribution >= 4 is 5.69 Å². The quantitative estimate of drug-likeness (QED) is 0.653. The van der Waals surface area contributed by atoms with Crippen LogP contribution in [0.4, 0.5) is 5.69 Å². The molecule has 0 amide bonds. The van der Waals surface area contributed by atoms with Crippen LogP contribution in [0.5, 0.6) is 0 Å². The lowest BCUT2D eigenvalue weighted by Crippen LogP contribution is -2.26. The number of rotatable bonds is 1. The Labute approximate surface area is 79.6 Å². The second-order valence-electron chi connectivity index (χ2n) is 3.84. The van der Waals surface area contributed by atoms with Crippen molar-refractivity contribution in [1.82, 2.24) is 4.98 Å². The summed E-state index contributed by atoms with van der Waals surface area (Å²) < 4.78 is 0. The molecule has 1 aliphatic heterocycles. The first kappa shape index (κ1) is 8.54. The first-order valence-corrected chi connectivity index (χ1v) is 4.96. The van der Waals surface area contributed by atoms with Crippen molar-refractivity contribution in [2.24, 2.45) is 0 Å². The Morgan fingerprint density at radius 2 is 2.31 bits per heavy atom. The van der Waals surface area contributed by atoms with Gasteiger partial charge in [0.1, 0.15) is 0 Å². The molecule has 70 valence electrons. The Kier molecular flexibility index (Phi) is 2.21. The fraction of sp³-hybridized carbons (Fsp3) is 0.545. The van der Waals surface area contributed by atoms with Crippen LogP contribution < -0.4 is 4.90 Å². The highest BCUT2D eigenvalue weighted by molar-refractivity contribution is 5.46. The summed E-state index contributed by atoms with van der Waals surface area (Å²) in [6, 6.07) is 4.94. The van der Waals surface area contributed by atoms with Gasteiger partial charge in [0.2, 0.25) is 0 Å². The largest absolute Gasteiger partial charge is 0.368 e. The van der Waals surface area contributed by atoms with Gasteiger partial charge >= 0.3 is 0 Å². The molecule has 13 heavy (non-hydrogen) atoms. The molecule has 2 nitrogen and oxygen atoms in total. The van der Waals surface area contributed by atoms with E-state index >= 15 is 0 Å². The summed E-state index contributed by atoms with van der Waals surface area (Å²) in [5, 5.41) is 0. The van der Waals surface area contributed by atoms with Crippen LogP contribution in [0.25, 0.3) is 0 Å². The minimum Gasteiger partial charge on any atom is -0.368 e. The van der Waals surface area contributed by atoms with Gasteiger partial charge in [-0.2, -0.15) is 0 Å². The lowest BCUT2D eigenvalue weighted by Gasteiger charge is -2.23. The molecule has 0 spiro atoms. The maximum Gasteiger partial charge on any atom is 0.0555 e. The molecule has 0 aromatic carbocycles. The number of nitrogens with zero attached hydrogens (tertiary/aromatic N) is 2. The molecule has 1 fully saturated rings. The van der Waals surface area contributed by atoms with E-state index in [2.05, 4.69) is 28.9 Å². The smallest absolute Gasteiger partial charge is 0.0555 e. The fourth-order valence-electron chi connectivity index (χ4n) is 1.95. The predicted octanol–water partition coefficient (Wildman–Crippen LogP) is 2.38. The van der Waals surface area contributed by atoms with Crippen LogP contribution in [0.3, 0.4) is 0 Å². The van der Waals surface area contributed by atoms with Gasteiger partial charge in [-0.3, -0.25) is 4.98 Å². The van der Waals surface area contributed by atoms with E-state index in [-0.39, 0.29) is 0 Å². The summed E-state index contributed by atoms with van der Waals surface area (Å²) >= 11 is 0. The van der Waals surface area contributed by atoms with Crippen molar-refractivity contribution in [1.29, 1.82) is 0 Å². The number of anilines is 1. The molecule has 2 rings (SSSR count). The molecule has 0 N–H and O–H groups in total. The van der Waals surface area contributed by atoms with Gasteiger partial charge in [-0.15, -0.1) is 0 Å². The van der Waals surface area contributed by atoms with Crippen LogP contribution in [0, 0.1) is 6.92 Å². The summed E-state index contributed by atoms with van der Waals surface area (Å²) in [5.74, 6) is 0. The molecular formula is C11H16N2. The topological polar surface area (TPSA) is 16.1 Å². The maximum atomic E-state index is 4.32. The summed E-state index contributed by atoms with van der Waals surface area (Å²) in [7, 11) is 0. The molecule has 0 unspecified atom stereocenters. The first-order valence-electron chi connectivity index (χ1n) is 4.96. The monoisotopic (exact) mass is 176 g/mol. The zero-order valence-corrected chi connectivity index (χ0v) is 8.33. The van der Waals surface area contributed by atoms with E-state index in [1.807, 2.05) is 13.1 Å². The molecule has 1 aromatic heterocycles. The molecule has 1 atom stereocenters. The van der Waals surface area contributed by atoms with E-state index in [9.17, 15) is 0 Å². The average molecular weight is 176 g/mol. The van der Waals surface area contributed by atoms with Crippen LogP contribution >= 0.6 is 0 Å². The second-order valence-corrected chi connectivity index (χ2v) is 3.84. The van der Waals surface area contributed by atoms with Crippen LogP contribution in [0.1, 0.15) is 25.5 Å². The Morgan fingerprint density at radius 1 is 1.46 bits per heavy atom. The second kappa shape index (κ2) is 3.36. The number of hydrogen-bond acceptors (Lipinski definition) is 2. The number of aromatic nitrogens is 1. The van der Waals surface area contributed by atoms with Gasteiger partial charge in [-0.05, 0) is 38.8 Å². The van der Waals surface area contributed by atoms with E-state index in [1.54, 1.807) is 0 Å².